The van der Waals surface area contributed by atoms with E-state index in [9.17, 15) is 0 Å². The number of rotatable bonds is 2. The third-order valence-electron chi connectivity index (χ3n) is 4.64. The summed E-state index contributed by atoms with van der Waals surface area (Å²) in [5, 5.41) is 13.3. The van der Waals surface area contributed by atoms with E-state index in [1.807, 2.05) is 0 Å². The van der Waals surface area contributed by atoms with Crippen LogP contribution in [-0.4, -0.2) is 55.7 Å². The normalized spacial score (nSPS) is 19.7. The molecule has 6 heteroatoms. The number of hydrogen-bond acceptors (Lipinski definition) is 4. The fourth-order valence-corrected chi connectivity index (χ4v) is 6.32. The van der Waals surface area contributed by atoms with Crippen molar-refractivity contribution >= 4 is 16.3 Å². The minimum atomic E-state index is -1.32. The van der Waals surface area contributed by atoms with Crippen LogP contribution in [0.1, 0.15) is 25.7 Å². The average Bonchev–Trinajstić information content (AvgIpc) is 2.62. The van der Waals surface area contributed by atoms with Crippen molar-refractivity contribution in [2.75, 3.05) is 52.4 Å². The quantitative estimate of drug-likeness (QED) is 0.660. The predicted octanol–water partition coefficient (Wildman–Crippen LogP) is 1.96. The Labute approximate surface area is 167 Å². The van der Waals surface area contributed by atoms with Gasteiger partial charge in [0.25, 0.3) is 0 Å². The van der Waals surface area contributed by atoms with Gasteiger partial charge in [0.1, 0.15) is 0 Å². The Hall–Kier alpha value is 0.0643. The summed E-state index contributed by atoms with van der Waals surface area (Å²) in [5.41, 5.74) is 0. The van der Waals surface area contributed by atoms with E-state index in [2.05, 4.69) is 54.9 Å². The van der Waals surface area contributed by atoms with Gasteiger partial charge in [0.15, 0.2) is 0 Å². The zero-order chi connectivity index (χ0) is 16.9. The molecular formula is C19H36ClN4Ti. The van der Waals surface area contributed by atoms with Crippen LogP contribution in [0.4, 0.5) is 0 Å². The Morgan fingerprint density at radius 1 is 0.720 bits per heavy atom. The molecule has 0 aliphatic carbocycles. The van der Waals surface area contributed by atoms with Crippen molar-refractivity contribution in [1.29, 1.82) is 0 Å². The van der Waals surface area contributed by atoms with E-state index in [0.717, 1.165) is 39.3 Å². The number of nitrogens with one attached hydrogen (secondary N) is 3. The molecule has 1 aliphatic heterocycles. The van der Waals surface area contributed by atoms with Gasteiger partial charge in [0.05, 0.1) is 0 Å². The second-order valence-electron chi connectivity index (χ2n) is 6.60. The molecule has 4 nitrogen and oxygen atoms in total. The second kappa shape index (κ2) is 15.2. The van der Waals surface area contributed by atoms with Crippen molar-refractivity contribution in [3.8, 4) is 0 Å². The summed E-state index contributed by atoms with van der Waals surface area (Å²) >= 11 is -1.32. The summed E-state index contributed by atoms with van der Waals surface area (Å²) in [6.07, 6.45) is 4.98. The van der Waals surface area contributed by atoms with Gasteiger partial charge in [-0.1, -0.05) is 0 Å². The molecule has 0 unspecified atom stereocenters. The molecule has 1 aliphatic rings. The van der Waals surface area contributed by atoms with Crippen molar-refractivity contribution in [1.82, 2.24) is 19.3 Å². The Morgan fingerprint density at radius 2 is 1.16 bits per heavy atom. The second-order valence-corrected chi connectivity index (χ2v) is 10.3. The Kier molecular flexibility index (Phi) is 14.0. The molecule has 25 heavy (non-hydrogen) atoms. The molecule has 0 saturated carbocycles. The summed E-state index contributed by atoms with van der Waals surface area (Å²) in [5.74, 6) is 0. The Balaban J connectivity index is 0.00000312. The fourth-order valence-electron chi connectivity index (χ4n) is 3.15. The van der Waals surface area contributed by atoms with Gasteiger partial charge in [-0.05, 0) is 0 Å². The average molecular weight is 404 g/mol. The van der Waals surface area contributed by atoms with E-state index in [1.54, 1.807) is 3.87 Å². The molecule has 0 aromatic heterocycles. The van der Waals surface area contributed by atoms with Gasteiger partial charge in [-0.3, -0.25) is 0 Å². The molecule has 1 saturated heterocycles. The first-order valence-electron chi connectivity index (χ1n) is 9.64. The first-order valence-corrected chi connectivity index (χ1v) is 12.7. The molecule has 1 aromatic rings. The van der Waals surface area contributed by atoms with Crippen LogP contribution in [0.5, 0.6) is 0 Å². The maximum absolute atomic E-state index is 3.61. The molecular weight excluding hydrogens is 368 g/mol. The maximum atomic E-state index is 3.61. The van der Waals surface area contributed by atoms with Crippen molar-refractivity contribution in [3.05, 3.63) is 30.3 Å². The topological polar surface area (TPSA) is 39.3 Å². The number of nitrogens with zero attached hydrogens (tertiary/aromatic N) is 1. The Morgan fingerprint density at radius 3 is 1.64 bits per heavy atom. The molecule has 0 bridgehead atoms. The molecule has 0 spiro atoms. The summed E-state index contributed by atoms with van der Waals surface area (Å²) < 4.78 is 4.41. The van der Waals surface area contributed by atoms with E-state index in [-0.39, 0.29) is 12.4 Å². The summed E-state index contributed by atoms with van der Waals surface area (Å²) in [6, 6.07) is 11.2. The third kappa shape index (κ3) is 10.1. The van der Waals surface area contributed by atoms with Crippen LogP contribution in [0.15, 0.2) is 30.3 Å². The van der Waals surface area contributed by atoms with E-state index < -0.39 is 18.1 Å². The van der Waals surface area contributed by atoms with Crippen molar-refractivity contribution in [2.45, 2.75) is 30.9 Å². The van der Waals surface area contributed by atoms with Crippen LogP contribution in [0.25, 0.3) is 0 Å². The standard InChI is InChI=1S/C12H27N4.C6H5.CH3.ClH.Ti/c1-5-13-7-2-9-15-11-4-12-16-10-3-8-14-6-1;1-2-4-6-5-3-1;;;/h13-15H,1-12H2;1-5H;1H3;1H;/q-1;;;;+1. The van der Waals surface area contributed by atoms with Crippen LogP contribution in [0, 0.1) is 0 Å². The van der Waals surface area contributed by atoms with Crippen molar-refractivity contribution in [2.24, 2.45) is 0 Å². The van der Waals surface area contributed by atoms with E-state index in [4.69, 9.17) is 0 Å². The molecule has 3 N–H and O–H groups in total. The molecule has 0 amide bonds. The minimum absolute atomic E-state index is 0. The van der Waals surface area contributed by atoms with E-state index in [1.165, 1.54) is 38.8 Å². The molecule has 1 fully saturated rings. The van der Waals surface area contributed by atoms with Gasteiger partial charge in [0.2, 0.25) is 0 Å². The van der Waals surface area contributed by atoms with E-state index in [0.29, 0.717) is 0 Å². The first-order chi connectivity index (χ1) is 11.9. The van der Waals surface area contributed by atoms with Crippen molar-refractivity contribution in [3.63, 3.8) is 0 Å². The number of hydrogen-bond donors (Lipinski definition) is 3. The molecule has 2 rings (SSSR count). The molecule has 0 atom stereocenters. The summed E-state index contributed by atoms with van der Waals surface area (Å²) in [6.45, 7) is 9.33. The van der Waals surface area contributed by atoms with E-state index >= 15 is 0 Å². The SMILES string of the molecule is Cl.[CH3][Ti]([c]1ccccc1)[N]1CCCNCCCNCCCNCCC1. The van der Waals surface area contributed by atoms with Crippen LogP contribution < -0.4 is 19.8 Å². The van der Waals surface area contributed by atoms with Gasteiger partial charge < -0.3 is 0 Å². The van der Waals surface area contributed by atoms with Gasteiger partial charge in [-0.25, -0.2) is 0 Å². The third-order valence-corrected chi connectivity index (χ3v) is 8.65. The van der Waals surface area contributed by atoms with Crippen LogP contribution >= 0.6 is 12.4 Å². The Bertz CT molecular complexity index is 405. The predicted molar refractivity (Wildman–Crippen MR) is 108 cm³/mol. The van der Waals surface area contributed by atoms with Crippen LogP contribution in [0.3, 0.4) is 0 Å². The zero-order valence-electron chi connectivity index (χ0n) is 15.7. The number of halogens is 1. The van der Waals surface area contributed by atoms with Crippen LogP contribution in [0.2, 0.25) is 5.23 Å². The van der Waals surface area contributed by atoms with Crippen molar-refractivity contribution < 1.29 is 18.1 Å². The number of benzene rings is 1. The summed E-state index contributed by atoms with van der Waals surface area (Å²) in [4.78, 5) is 0. The van der Waals surface area contributed by atoms with Gasteiger partial charge >= 0.3 is 155 Å². The fraction of sp³-hybridized carbons (Fsp3) is 0.684. The molecule has 1 heterocycles. The van der Waals surface area contributed by atoms with Gasteiger partial charge in [-0.15, -0.1) is 12.4 Å². The molecule has 1 aromatic carbocycles. The first kappa shape index (κ1) is 23.1. The van der Waals surface area contributed by atoms with Crippen LogP contribution in [-0.2, 0) is 18.1 Å². The summed E-state index contributed by atoms with van der Waals surface area (Å²) in [7, 11) is 0. The molecule has 143 valence electrons. The van der Waals surface area contributed by atoms with Gasteiger partial charge in [-0.2, -0.15) is 0 Å². The zero-order valence-corrected chi connectivity index (χ0v) is 18.1. The van der Waals surface area contributed by atoms with Gasteiger partial charge in [0, 0.05) is 0 Å². The molecule has 0 radical (unpaired) electrons. The monoisotopic (exact) mass is 403 g/mol.